The fourth-order valence-corrected chi connectivity index (χ4v) is 3.83. The molecule has 0 bridgehead atoms. The van der Waals surface area contributed by atoms with Crippen LogP contribution in [0.2, 0.25) is 5.02 Å². The van der Waals surface area contributed by atoms with Crippen LogP contribution in [-0.4, -0.2) is 37.0 Å². The van der Waals surface area contributed by atoms with Crippen LogP contribution in [0, 0.1) is 0 Å². The number of hydrogen-bond donors (Lipinski definition) is 1. The molecular formula is C12H18ClNO3S. The molecule has 0 saturated carbocycles. The lowest BCUT2D eigenvalue weighted by atomic mass is 10.3. The van der Waals surface area contributed by atoms with Gasteiger partial charge >= 0.3 is 0 Å². The highest BCUT2D eigenvalue weighted by atomic mass is 35.5. The minimum absolute atomic E-state index is 0.0404. The van der Waals surface area contributed by atoms with Crippen molar-refractivity contribution in [2.24, 2.45) is 0 Å². The van der Waals surface area contributed by atoms with Crippen LogP contribution in [0.3, 0.4) is 0 Å². The highest BCUT2D eigenvalue weighted by Gasteiger charge is 2.28. The first kappa shape index (κ1) is 15.4. The summed E-state index contributed by atoms with van der Waals surface area (Å²) in [5.41, 5.74) is 0. The minimum Gasteiger partial charge on any atom is -0.396 e. The van der Waals surface area contributed by atoms with Crippen molar-refractivity contribution >= 4 is 21.6 Å². The first-order valence-corrected chi connectivity index (χ1v) is 7.60. The van der Waals surface area contributed by atoms with Crippen molar-refractivity contribution in [3.8, 4) is 0 Å². The van der Waals surface area contributed by atoms with Gasteiger partial charge in [0.1, 0.15) is 4.90 Å². The molecule has 0 aromatic heterocycles. The SMILES string of the molecule is CC(C)N(CCCO)S(=O)(=O)c1ccccc1Cl. The van der Waals surface area contributed by atoms with Crippen LogP contribution in [0.15, 0.2) is 29.2 Å². The molecule has 0 amide bonds. The Bertz CT molecular complexity index is 488. The quantitative estimate of drug-likeness (QED) is 0.873. The smallest absolute Gasteiger partial charge is 0.244 e. The molecule has 1 aromatic rings. The van der Waals surface area contributed by atoms with E-state index in [9.17, 15) is 8.42 Å². The number of hydrogen-bond acceptors (Lipinski definition) is 3. The molecule has 0 aliphatic rings. The summed E-state index contributed by atoms with van der Waals surface area (Å²) in [7, 11) is -3.61. The Hall–Kier alpha value is -0.620. The third-order valence-corrected chi connectivity index (χ3v) is 5.11. The predicted octanol–water partition coefficient (Wildman–Crippen LogP) is 2.12. The van der Waals surface area contributed by atoms with Crippen molar-refractivity contribution in [1.82, 2.24) is 4.31 Å². The Morgan fingerprint density at radius 2 is 1.94 bits per heavy atom. The van der Waals surface area contributed by atoms with Crippen LogP contribution in [0.5, 0.6) is 0 Å². The monoisotopic (exact) mass is 291 g/mol. The fourth-order valence-electron chi connectivity index (χ4n) is 1.66. The number of rotatable bonds is 6. The lowest BCUT2D eigenvalue weighted by Gasteiger charge is -2.26. The number of sulfonamides is 1. The molecule has 0 aliphatic heterocycles. The van der Waals surface area contributed by atoms with Gasteiger partial charge in [0, 0.05) is 19.2 Å². The van der Waals surface area contributed by atoms with Crippen LogP contribution < -0.4 is 0 Å². The van der Waals surface area contributed by atoms with Gasteiger partial charge in [-0.1, -0.05) is 23.7 Å². The molecule has 1 N–H and O–H groups in total. The Morgan fingerprint density at radius 1 is 1.33 bits per heavy atom. The van der Waals surface area contributed by atoms with Crippen LogP contribution in [0.25, 0.3) is 0 Å². The minimum atomic E-state index is -3.61. The molecule has 0 saturated heterocycles. The summed E-state index contributed by atoms with van der Waals surface area (Å²) >= 11 is 5.94. The largest absolute Gasteiger partial charge is 0.396 e. The fraction of sp³-hybridized carbons (Fsp3) is 0.500. The van der Waals surface area contributed by atoms with Crippen LogP contribution >= 0.6 is 11.6 Å². The zero-order valence-electron chi connectivity index (χ0n) is 10.5. The summed E-state index contributed by atoms with van der Waals surface area (Å²) in [5.74, 6) is 0. The van der Waals surface area contributed by atoms with E-state index in [4.69, 9.17) is 16.7 Å². The molecular weight excluding hydrogens is 274 g/mol. The maximum absolute atomic E-state index is 12.5. The van der Waals surface area contributed by atoms with Crippen molar-refractivity contribution in [3.63, 3.8) is 0 Å². The second-order valence-corrected chi connectivity index (χ2v) is 6.48. The summed E-state index contributed by atoms with van der Waals surface area (Å²) in [5, 5.41) is 9.06. The second kappa shape index (κ2) is 6.52. The molecule has 1 aromatic carbocycles. The van der Waals surface area contributed by atoms with E-state index < -0.39 is 10.0 Å². The average molecular weight is 292 g/mol. The molecule has 0 unspecified atom stereocenters. The summed E-state index contributed by atoms with van der Waals surface area (Å²) in [6.07, 6.45) is 0.405. The Morgan fingerprint density at radius 3 is 2.44 bits per heavy atom. The zero-order valence-corrected chi connectivity index (χ0v) is 12.1. The van der Waals surface area contributed by atoms with E-state index in [0.717, 1.165) is 0 Å². The first-order valence-electron chi connectivity index (χ1n) is 5.78. The molecule has 102 valence electrons. The van der Waals surface area contributed by atoms with Gasteiger partial charge in [-0.2, -0.15) is 4.31 Å². The number of aliphatic hydroxyl groups excluding tert-OH is 1. The maximum atomic E-state index is 12.5. The van der Waals surface area contributed by atoms with Gasteiger partial charge in [0.15, 0.2) is 0 Å². The Balaban J connectivity index is 3.14. The van der Waals surface area contributed by atoms with Crippen molar-refractivity contribution in [1.29, 1.82) is 0 Å². The van der Waals surface area contributed by atoms with Crippen molar-refractivity contribution in [2.75, 3.05) is 13.2 Å². The van der Waals surface area contributed by atoms with E-state index in [1.54, 1.807) is 32.0 Å². The standard InChI is InChI=1S/C12H18ClNO3S/c1-10(2)14(8-5-9-15)18(16,17)12-7-4-3-6-11(12)13/h3-4,6-7,10,15H,5,8-9H2,1-2H3. The molecule has 0 radical (unpaired) electrons. The van der Waals surface area contributed by atoms with Gasteiger partial charge in [0.05, 0.1) is 5.02 Å². The van der Waals surface area contributed by atoms with Crippen LogP contribution in [-0.2, 0) is 10.0 Å². The molecule has 0 atom stereocenters. The van der Waals surface area contributed by atoms with Crippen LogP contribution in [0.4, 0.5) is 0 Å². The van der Waals surface area contributed by atoms with Gasteiger partial charge in [-0.15, -0.1) is 0 Å². The van der Waals surface area contributed by atoms with E-state index in [1.165, 1.54) is 10.4 Å². The van der Waals surface area contributed by atoms with Gasteiger partial charge in [-0.05, 0) is 32.4 Å². The maximum Gasteiger partial charge on any atom is 0.244 e. The first-order chi connectivity index (χ1) is 8.41. The zero-order chi connectivity index (χ0) is 13.8. The van der Waals surface area contributed by atoms with Crippen LogP contribution in [0.1, 0.15) is 20.3 Å². The normalized spacial score (nSPS) is 12.3. The van der Waals surface area contributed by atoms with E-state index in [2.05, 4.69) is 0 Å². The Labute approximate surface area is 113 Å². The highest BCUT2D eigenvalue weighted by Crippen LogP contribution is 2.25. The van der Waals surface area contributed by atoms with E-state index >= 15 is 0 Å². The Kier molecular flexibility index (Phi) is 5.59. The van der Waals surface area contributed by atoms with Crippen molar-refractivity contribution in [3.05, 3.63) is 29.3 Å². The second-order valence-electron chi connectivity index (χ2n) is 4.22. The van der Waals surface area contributed by atoms with Gasteiger partial charge in [-0.25, -0.2) is 8.42 Å². The number of nitrogens with zero attached hydrogens (tertiary/aromatic N) is 1. The van der Waals surface area contributed by atoms with E-state index in [1.807, 2.05) is 0 Å². The van der Waals surface area contributed by atoms with Gasteiger partial charge in [0.25, 0.3) is 0 Å². The topological polar surface area (TPSA) is 57.6 Å². The number of halogens is 1. The number of benzene rings is 1. The third-order valence-electron chi connectivity index (χ3n) is 2.54. The lowest BCUT2D eigenvalue weighted by Crippen LogP contribution is -2.38. The summed E-state index contributed by atoms with van der Waals surface area (Å²) in [6.45, 7) is 3.83. The van der Waals surface area contributed by atoms with Gasteiger partial charge in [-0.3, -0.25) is 0 Å². The van der Waals surface area contributed by atoms with Crippen molar-refractivity contribution < 1.29 is 13.5 Å². The molecule has 0 aliphatic carbocycles. The summed E-state index contributed by atoms with van der Waals surface area (Å²) in [4.78, 5) is 0.110. The third kappa shape index (κ3) is 3.45. The van der Waals surface area contributed by atoms with E-state index in [-0.39, 0.29) is 29.1 Å². The molecule has 0 spiro atoms. The molecule has 18 heavy (non-hydrogen) atoms. The van der Waals surface area contributed by atoms with E-state index in [0.29, 0.717) is 6.42 Å². The van der Waals surface area contributed by atoms with Gasteiger partial charge < -0.3 is 5.11 Å². The average Bonchev–Trinajstić information content (AvgIpc) is 2.29. The van der Waals surface area contributed by atoms with Crippen molar-refractivity contribution in [2.45, 2.75) is 31.2 Å². The summed E-state index contributed by atoms with van der Waals surface area (Å²) < 4.78 is 26.3. The van der Waals surface area contributed by atoms with Gasteiger partial charge in [0.2, 0.25) is 10.0 Å². The molecule has 1 rings (SSSR count). The molecule has 4 nitrogen and oxygen atoms in total. The molecule has 6 heteroatoms. The lowest BCUT2D eigenvalue weighted by molar-refractivity contribution is 0.258. The molecule has 0 heterocycles. The highest BCUT2D eigenvalue weighted by molar-refractivity contribution is 7.89. The number of aliphatic hydroxyl groups is 1. The predicted molar refractivity (Wildman–Crippen MR) is 72.2 cm³/mol. The molecule has 0 fully saturated rings. The summed E-state index contributed by atoms with van der Waals surface area (Å²) in [6, 6.07) is 6.20.